The van der Waals surface area contributed by atoms with Crippen molar-refractivity contribution in [2.45, 2.75) is 36.9 Å². The van der Waals surface area contributed by atoms with Gasteiger partial charge in [-0.05, 0) is 37.3 Å². The van der Waals surface area contributed by atoms with E-state index in [-0.39, 0.29) is 11.5 Å². The highest BCUT2D eigenvalue weighted by Gasteiger charge is 2.17. The monoisotopic (exact) mass is 397 g/mol. The lowest BCUT2D eigenvalue weighted by atomic mass is 10.2. The average molecular weight is 398 g/mol. The summed E-state index contributed by atoms with van der Waals surface area (Å²) in [6.45, 7) is 5.72. The van der Waals surface area contributed by atoms with Gasteiger partial charge in [0.1, 0.15) is 0 Å². The summed E-state index contributed by atoms with van der Waals surface area (Å²) in [5.74, 6) is 1.45. The highest BCUT2D eigenvalue weighted by atomic mass is 35.5. The number of hydrogen-bond acceptors (Lipinski definition) is 5. The molecule has 0 aliphatic rings. The number of hydrogen-bond donors (Lipinski definition) is 2. The molecule has 0 saturated heterocycles. The van der Waals surface area contributed by atoms with Crippen LogP contribution in [0.5, 0.6) is 0 Å². The molecule has 2 N–H and O–H groups in total. The summed E-state index contributed by atoms with van der Waals surface area (Å²) in [7, 11) is 0. The molecule has 134 valence electrons. The minimum Gasteiger partial charge on any atom is -0.325 e. The van der Waals surface area contributed by atoms with Gasteiger partial charge in [0.25, 0.3) is 5.56 Å². The van der Waals surface area contributed by atoms with Gasteiger partial charge in [0, 0.05) is 22.5 Å². The quantitative estimate of drug-likeness (QED) is 0.543. The number of nitrogens with zero attached hydrogens (tertiary/aromatic N) is 1. The Balaban J connectivity index is 2.04. The van der Waals surface area contributed by atoms with Gasteiger partial charge in [0.2, 0.25) is 5.91 Å². The fourth-order valence-corrected chi connectivity index (χ4v) is 3.53. The van der Waals surface area contributed by atoms with Crippen molar-refractivity contribution in [2.24, 2.45) is 0 Å². The third kappa shape index (κ3) is 6.09. The Morgan fingerprint density at radius 3 is 2.84 bits per heavy atom. The van der Waals surface area contributed by atoms with Crippen molar-refractivity contribution in [1.82, 2.24) is 9.97 Å². The molecule has 5 nitrogen and oxygen atoms in total. The number of halogens is 1. The zero-order valence-corrected chi connectivity index (χ0v) is 16.6. The van der Waals surface area contributed by atoms with Crippen LogP contribution in [0.4, 0.5) is 5.69 Å². The number of H-pyrrole nitrogens is 1. The Morgan fingerprint density at radius 1 is 1.40 bits per heavy atom. The molecule has 0 fully saturated rings. The zero-order valence-electron chi connectivity index (χ0n) is 14.3. The van der Waals surface area contributed by atoms with Gasteiger partial charge < -0.3 is 10.3 Å². The molecule has 1 aromatic heterocycles. The predicted molar refractivity (Wildman–Crippen MR) is 107 cm³/mol. The van der Waals surface area contributed by atoms with E-state index in [0.717, 1.165) is 17.0 Å². The van der Waals surface area contributed by atoms with Crippen molar-refractivity contribution in [3.8, 4) is 0 Å². The Labute approximate surface area is 160 Å². The molecule has 2 aromatic rings. The average Bonchev–Trinajstić information content (AvgIpc) is 2.55. The number of nitrogens with one attached hydrogen (secondary N) is 2. The van der Waals surface area contributed by atoms with Crippen LogP contribution in [0.3, 0.4) is 0 Å². The summed E-state index contributed by atoms with van der Waals surface area (Å²) < 4.78 is 0. The van der Waals surface area contributed by atoms with Crippen LogP contribution in [-0.4, -0.2) is 26.9 Å². The van der Waals surface area contributed by atoms with E-state index in [0.29, 0.717) is 21.6 Å². The smallest absolute Gasteiger partial charge is 0.251 e. The van der Waals surface area contributed by atoms with Crippen molar-refractivity contribution >= 4 is 46.7 Å². The zero-order chi connectivity index (χ0) is 18.4. The number of thioether (sulfide) groups is 2. The van der Waals surface area contributed by atoms with E-state index in [1.54, 1.807) is 30.8 Å². The molecule has 1 unspecified atom stereocenters. The van der Waals surface area contributed by atoms with Crippen LogP contribution in [0.1, 0.15) is 25.1 Å². The third-order valence-corrected chi connectivity index (χ3v) is 5.62. The standard InChI is InChI=1S/C17H20ClN3O2S2/c1-4-24-9-13-8-15(22)21-17(20-13)25-11(3)16(23)19-12-6-5-10(2)14(18)7-12/h5-8,11H,4,9H2,1-3H3,(H,19,23)(H,20,21,22). The van der Waals surface area contributed by atoms with Gasteiger partial charge >= 0.3 is 0 Å². The molecule has 1 aromatic carbocycles. The van der Waals surface area contributed by atoms with Crippen molar-refractivity contribution < 1.29 is 4.79 Å². The number of rotatable bonds is 7. The summed E-state index contributed by atoms with van der Waals surface area (Å²) in [4.78, 5) is 31.2. The molecule has 25 heavy (non-hydrogen) atoms. The summed E-state index contributed by atoms with van der Waals surface area (Å²) >= 11 is 8.99. The van der Waals surface area contributed by atoms with E-state index >= 15 is 0 Å². The Hall–Kier alpha value is -1.44. The number of carbonyl (C=O) groups excluding carboxylic acids is 1. The first-order valence-electron chi connectivity index (χ1n) is 7.80. The number of amides is 1. The van der Waals surface area contributed by atoms with E-state index in [9.17, 15) is 9.59 Å². The normalized spacial score (nSPS) is 12.0. The molecule has 0 bridgehead atoms. The van der Waals surface area contributed by atoms with Crippen LogP contribution in [0.25, 0.3) is 0 Å². The van der Waals surface area contributed by atoms with Crippen molar-refractivity contribution in [1.29, 1.82) is 0 Å². The van der Waals surface area contributed by atoms with Crippen LogP contribution in [-0.2, 0) is 10.5 Å². The topological polar surface area (TPSA) is 74.8 Å². The number of aromatic nitrogens is 2. The number of benzene rings is 1. The highest BCUT2D eigenvalue weighted by molar-refractivity contribution is 8.00. The first kappa shape index (κ1) is 19.9. The molecule has 1 heterocycles. The van der Waals surface area contributed by atoms with Crippen LogP contribution in [0, 0.1) is 6.92 Å². The second-order valence-corrected chi connectivity index (χ2v) is 8.40. The summed E-state index contributed by atoms with van der Waals surface area (Å²) in [6, 6.07) is 6.86. The van der Waals surface area contributed by atoms with Gasteiger partial charge in [-0.25, -0.2) is 4.98 Å². The van der Waals surface area contributed by atoms with E-state index < -0.39 is 5.25 Å². The Kier molecular flexibility index (Phi) is 7.40. The van der Waals surface area contributed by atoms with Gasteiger partial charge in [-0.15, -0.1) is 0 Å². The SMILES string of the molecule is CCSCc1cc(=O)[nH]c(SC(C)C(=O)Nc2ccc(C)c(Cl)c2)n1. The minimum atomic E-state index is -0.419. The molecule has 1 atom stereocenters. The number of aromatic amines is 1. The lowest BCUT2D eigenvalue weighted by Crippen LogP contribution is -2.23. The van der Waals surface area contributed by atoms with E-state index in [2.05, 4.69) is 22.2 Å². The summed E-state index contributed by atoms with van der Waals surface area (Å²) in [5.41, 5.74) is 2.10. The maximum absolute atomic E-state index is 12.4. The molecule has 0 radical (unpaired) electrons. The van der Waals surface area contributed by atoms with Gasteiger partial charge in [0.05, 0.1) is 10.9 Å². The van der Waals surface area contributed by atoms with E-state index in [1.807, 2.05) is 13.0 Å². The lowest BCUT2D eigenvalue weighted by molar-refractivity contribution is -0.115. The van der Waals surface area contributed by atoms with Crippen LogP contribution in [0.2, 0.25) is 5.02 Å². The maximum Gasteiger partial charge on any atom is 0.251 e. The number of carbonyl (C=O) groups is 1. The summed E-state index contributed by atoms with van der Waals surface area (Å²) in [6.07, 6.45) is 0. The molecule has 0 saturated carbocycles. The first-order chi connectivity index (χ1) is 11.9. The van der Waals surface area contributed by atoms with E-state index in [1.165, 1.54) is 17.8 Å². The third-order valence-electron chi connectivity index (χ3n) is 3.32. The van der Waals surface area contributed by atoms with Crippen LogP contribution < -0.4 is 10.9 Å². The molecular weight excluding hydrogens is 378 g/mol. The molecule has 0 aliphatic heterocycles. The summed E-state index contributed by atoms with van der Waals surface area (Å²) in [5, 5.41) is 3.46. The number of aryl methyl sites for hydroxylation is 1. The van der Waals surface area contributed by atoms with Crippen LogP contribution >= 0.6 is 35.1 Å². The predicted octanol–water partition coefficient (Wildman–Crippen LogP) is 4.10. The highest BCUT2D eigenvalue weighted by Crippen LogP contribution is 2.23. The first-order valence-corrected chi connectivity index (χ1v) is 10.2. The van der Waals surface area contributed by atoms with Crippen molar-refractivity contribution in [3.05, 3.63) is 50.9 Å². The second-order valence-electron chi connectivity index (χ2n) is 5.39. The molecule has 2 rings (SSSR count). The fourth-order valence-electron chi connectivity index (χ4n) is 1.96. The van der Waals surface area contributed by atoms with Crippen molar-refractivity contribution in [3.63, 3.8) is 0 Å². The molecule has 1 amide bonds. The second kappa shape index (κ2) is 9.31. The van der Waals surface area contributed by atoms with Gasteiger partial charge in [-0.2, -0.15) is 11.8 Å². The lowest BCUT2D eigenvalue weighted by Gasteiger charge is -2.12. The molecule has 0 spiro atoms. The largest absolute Gasteiger partial charge is 0.325 e. The Bertz CT molecular complexity index is 811. The minimum absolute atomic E-state index is 0.180. The van der Waals surface area contributed by atoms with Gasteiger partial charge in [0.15, 0.2) is 5.16 Å². The molecule has 0 aliphatic carbocycles. The fraction of sp³-hybridized carbons (Fsp3) is 0.353. The van der Waals surface area contributed by atoms with Gasteiger partial charge in [-0.3, -0.25) is 9.59 Å². The van der Waals surface area contributed by atoms with Crippen LogP contribution in [0.15, 0.2) is 34.2 Å². The maximum atomic E-state index is 12.4. The van der Waals surface area contributed by atoms with Crippen molar-refractivity contribution in [2.75, 3.05) is 11.1 Å². The molecule has 8 heteroatoms. The van der Waals surface area contributed by atoms with E-state index in [4.69, 9.17) is 11.6 Å². The van der Waals surface area contributed by atoms with Gasteiger partial charge in [-0.1, -0.05) is 36.4 Å². The Morgan fingerprint density at radius 2 is 2.16 bits per heavy atom. The number of anilines is 1. The molecular formula is C17H20ClN3O2S2.